The monoisotopic (exact) mass is 156 g/mol. The molecule has 0 radical (unpaired) electrons. The topological polar surface area (TPSA) is 50.4 Å². The second-order valence-corrected chi connectivity index (χ2v) is 2.40. The first-order valence-corrected chi connectivity index (χ1v) is 3.59. The Morgan fingerprint density at radius 2 is 2.55 bits per heavy atom. The van der Waals surface area contributed by atoms with Crippen molar-refractivity contribution in [1.29, 1.82) is 0 Å². The first-order valence-electron chi connectivity index (χ1n) is 3.59. The molecule has 0 spiro atoms. The van der Waals surface area contributed by atoms with E-state index in [0.29, 0.717) is 12.3 Å². The second kappa shape index (κ2) is 4.13. The van der Waals surface area contributed by atoms with E-state index in [1.54, 1.807) is 7.11 Å². The Morgan fingerprint density at radius 1 is 1.73 bits per heavy atom. The molecule has 1 rings (SSSR count). The van der Waals surface area contributed by atoms with Crippen LogP contribution in [-0.4, -0.2) is 38.8 Å². The van der Waals surface area contributed by atoms with Crippen molar-refractivity contribution in [3.05, 3.63) is 5.70 Å². The fraction of sp³-hybridized carbons (Fsp3) is 0.714. The lowest BCUT2D eigenvalue weighted by atomic mass is 10.2. The van der Waals surface area contributed by atoms with Crippen molar-refractivity contribution in [2.24, 2.45) is 0 Å². The van der Waals surface area contributed by atoms with E-state index < -0.39 is 0 Å². The van der Waals surface area contributed by atoms with Crippen molar-refractivity contribution in [3.63, 3.8) is 0 Å². The fourth-order valence-electron chi connectivity index (χ4n) is 1.08. The van der Waals surface area contributed by atoms with Gasteiger partial charge in [-0.15, -0.1) is 0 Å². The predicted octanol–water partition coefficient (Wildman–Crippen LogP) is -1.09. The molecule has 1 heterocycles. The van der Waals surface area contributed by atoms with Crippen molar-refractivity contribution in [2.45, 2.75) is 6.04 Å². The van der Waals surface area contributed by atoms with Gasteiger partial charge in [-0.1, -0.05) is 0 Å². The molecule has 1 fully saturated rings. The third-order valence-electron chi connectivity index (χ3n) is 1.62. The Kier molecular flexibility index (Phi) is 3.11. The van der Waals surface area contributed by atoms with E-state index in [4.69, 9.17) is 4.74 Å². The number of hydrogen-bond acceptors (Lipinski definition) is 4. The van der Waals surface area contributed by atoms with Crippen LogP contribution in [-0.2, 0) is 9.53 Å². The van der Waals surface area contributed by atoms with E-state index in [1.807, 2.05) is 5.94 Å². The maximum absolute atomic E-state index is 10.3. The molecule has 1 saturated heterocycles. The van der Waals surface area contributed by atoms with E-state index >= 15 is 0 Å². The van der Waals surface area contributed by atoms with Gasteiger partial charge in [-0.25, -0.2) is 4.79 Å². The van der Waals surface area contributed by atoms with Gasteiger partial charge in [0.15, 0.2) is 0 Å². The Labute approximate surface area is 65.6 Å². The highest BCUT2D eigenvalue weighted by atomic mass is 16.5. The molecule has 0 amide bonds. The van der Waals surface area contributed by atoms with Crippen LogP contribution in [0.3, 0.4) is 0 Å². The smallest absolute Gasteiger partial charge is 0.147 e. The molecule has 4 heteroatoms. The second-order valence-electron chi connectivity index (χ2n) is 2.40. The summed E-state index contributed by atoms with van der Waals surface area (Å²) in [5.74, 6) is 1.85. The van der Waals surface area contributed by atoms with Crippen molar-refractivity contribution in [3.8, 4) is 0 Å². The molecule has 0 bridgehead atoms. The minimum absolute atomic E-state index is 0.00810. The Bertz CT molecular complexity index is 173. The van der Waals surface area contributed by atoms with Gasteiger partial charge in [-0.05, 0) is 0 Å². The van der Waals surface area contributed by atoms with Crippen LogP contribution in [0.15, 0.2) is 5.70 Å². The lowest BCUT2D eigenvalue weighted by Gasteiger charge is -2.24. The largest absolute Gasteiger partial charge is 0.383 e. The molecule has 0 saturated carbocycles. The van der Waals surface area contributed by atoms with Crippen LogP contribution in [0.25, 0.3) is 0 Å². The van der Waals surface area contributed by atoms with Crippen LogP contribution in [0.5, 0.6) is 0 Å². The van der Waals surface area contributed by atoms with Gasteiger partial charge in [-0.3, -0.25) is 0 Å². The molecule has 1 aliphatic heterocycles. The molecule has 62 valence electrons. The number of nitrogens with one attached hydrogen (secondary N) is 2. The van der Waals surface area contributed by atoms with Crippen LogP contribution >= 0.6 is 0 Å². The highest BCUT2D eigenvalue weighted by Crippen LogP contribution is 1.98. The highest BCUT2D eigenvalue weighted by Gasteiger charge is 2.17. The average Bonchev–Trinajstić information content (AvgIpc) is 2.06. The summed E-state index contributed by atoms with van der Waals surface area (Å²) in [6, 6.07) is -0.00810. The molecular weight excluding hydrogens is 144 g/mol. The molecule has 4 nitrogen and oxygen atoms in total. The van der Waals surface area contributed by atoms with Gasteiger partial charge in [0.25, 0.3) is 0 Å². The summed E-state index contributed by atoms with van der Waals surface area (Å²) in [7, 11) is 1.61. The summed E-state index contributed by atoms with van der Waals surface area (Å²) in [4.78, 5) is 10.3. The SMILES string of the molecule is COCC1NCCNC1=C=O. The van der Waals surface area contributed by atoms with Gasteiger partial charge >= 0.3 is 0 Å². The van der Waals surface area contributed by atoms with Crippen LogP contribution in [0.4, 0.5) is 0 Å². The van der Waals surface area contributed by atoms with Crippen LogP contribution in [0.2, 0.25) is 0 Å². The van der Waals surface area contributed by atoms with Gasteiger partial charge in [0.05, 0.1) is 12.6 Å². The van der Waals surface area contributed by atoms with E-state index in [0.717, 1.165) is 13.1 Å². The summed E-state index contributed by atoms with van der Waals surface area (Å²) in [5, 5.41) is 6.09. The minimum atomic E-state index is -0.00810. The predicted molar refractivity (Wildman–Crippen MR) is 40.9 cm³/mol. The summed E-state index contributed by atoms with van der Waals surface area (Å²) in [5.41, 5.74) is 0.568. The van der Waals surface area contributed by atoms with Crippen molar-refractivity contribution in [1.82, 2.24) is 10.6 Å². The Hall–Kier alpha value is -0.830. The fourth-order valence-corrected chi connectivity index (χ4v) is 1.08. The molecule has 2 N–H and O–H groups in total. The van der Waals surface area contributed by atoms with E-state index in [9.17, 15) is 4.79 Å². The maximum atomic E-state index is 10.3. The third kappa shape index (κ3) is 2.05. The number of carbonyl (C=O) groups excluding carboxylic acids is 1. The zero-order chi connectivity index (χ0) is 8.10. The summed E-state index contributed by atoms with van der Waals surface area (Å²) < 4.78 is 4.91. The van der Waals surface area contributed by atoms with Crippen LogP contribution < -0.4 is 10.6 Å². The van der Waals surface area contributed by atoms with Crippen LogP contribution in [0.1, 0.15) is 0 Å². The molecule has 0 aromatic carbocycles. The third-order valence-corrected chi connectivity index (χ3v) is 1.62. The van der Waals surface area contributed by atoms with E-state index in [1.165, 1.54) is 0 Å². The quantitative estimate of drug-likeness (QED) is 0.499. The number of piperazine rings is 1. The number of methoxy groups -OCH3 is 1. The first-order chi connectivity index (χ1) is 5.38. The lowest BCUT2D eigenvalue weighted by Crippen LogP contribution is -2.48. The minimum Gasteiger partial charge on any atom is -0.383 e. The zero-order valence-electron chi connectivity index (χ0n) is 6.52. The Morgan fingerprint density at radius 3 is 3.18 bits per heavy atom. The van der Waals surface area contributed by atoms with Gasteiger partial charge < -0.3 is 15.4 Å². The molecule has 0 aromatic heterocycles. The maximum Gasteiger partial charge on any atom is 0.147 e. The average molecular weight is 156 g/mol. The highest BCUT2D eigenvalue weighted by molar-refractivity contribution is 5.54. The van der Waals surface area contributed by atoms with Gasteiger partial charge in [0.2, 0.25) is 0 Å². The van der Waals surface area contributed by atoms with Crippen molar-refractivity contribution in [2.75, 3.05) is 26.8 Å². The summed E-state index contributed by atoms with van der Waals surface area (Å²) in [6.07, 6.45) is 0. The zero-order valence-corrected chi connectivity index (χ0v) is 6.52. The first kappa shape index (κ1) is 8.27. The van der Waals surface area contributed by atoms with Crippen molar-refractivity contribution < 1.29 is 9.53 Å². The lowest BCUT2D eigenvalue weighted by molar-refractivity contribution is 0.171. The van der Waals surface area contributed by atoms with E-state index in [-0.39, 0.29) is 6.04 Å². The van der Waals surface area contributed by atoms with E-state index in [2.05, 4.69) is 10.6 Å². The number of rotatable bonds is 2. The number of hydrogen-bond donors (Lipinski definition) is 2. The molecule has 11 heavy (non-hydrogen) atoms. The summed E-state index contributed by atoms with van der Waals surface area (Å²) in [6.45, 7) is 2.15. The van der Waals surface area contributed by atoms with Gasteiger partial charge in [-0.2, -0.15) is 0 Å². The molecule has 1 unspecified atom stereocenters. The molecule has 0 aliphatic carbocycles. The molecule has 1 aliphatic rings. The molecule has 0 aromatic rings. The normalized spacial score (nSPS) is 24.1. The molecule has 1 atom stereocenters. The molecular formula is C7H12N2O2. The summed E-state index contributed by atoms with van der Waals surface area (Å²) >= 11 is 0. The number of ether oxygens (including phenoxy) is 1. The standard InChI is InChI=1S/C7H12N2O2/c1-11-5-7-6(4-10)8-2-3-9-7/h7-9H,2-3,5H2,1H3. The van der Waals surface area contributed by atoms with Gasteiger partial charge in [0, 0.05) is 20.2 Å². The van der Waals surface area contributed by atoms with Crippen molar-refractivity contribution >= 4 is 5.94 Å². The van der Waals surface area contributed by atoms with Gasteiger partial charge in [0.1, 0.15) is 11.6 Å². The van der Waals surface area contributed by atoms with Crippen LogP contribution in [0, 0.1) is 0 Å². The Balaban J connectivity index is 2.52.